The molecule has 2 nitrogen and oxygen atoms in total. The highest BCUT2D eigenvalue weighted by molar-refractivity contribution is 9.10. The van der Waals surface area contributed by atoms with Crippen LogP contribution in [0.4, 0.5) is 4.39 Å². The molecular formula is C16H17BrFNO. The van der Waals surface area contributed by atoms with E-state index in [1.165, 1.54) is 6.07 Å². The minimum atomic E-state index is -0.275. The summed E-state index contributed by atoms with van der Waals surface area (Å²) in [5.41, 5.74) is 8.44. The van der Waals surface area contributed by atoms with Gasteiger partial charge in [-0.05, 0) is 43.7 Å². The van der Waals surface area contributed by atoms with Crippen LogP contribution in [0, 0.1) is 12.7 Å². The molecule has 2 rings (SSSR count). The lowest BCUT2D eigenvalue weighted by Crippen LogP contribution is -2.08. The van der Waals surface area contributed by atoms with Crippen molar-refractivity contribution in [2.75, 3.05) is 0 Å². The van der Waals surface area contributed by atoms with Crippen LogP contribution in [-0.2, 0) is 6.61 Å². The van der Waals surface area contributed by atoms with Gasteiger partial charge in [0.25, 0.3) is 0 Å². The number of ether oxygens (including phenoxy) is 1. The smallest absolute Gasteiger partial charge is 0.129 e. The van der Waals surface area contributed by atoms with Crippen LogP contribution in [0.25, 0.3) is 0 Å². The van der Waals surface area contributed by atoms with Crippen molar-refractivity contribution < 1.29 is 9.13 Å². The molecule has 2 N–H and O–H groups in total. The van der Waals surface area contributed by atoms with E-state index >= 15 is 0 Å². The fourth-order valence-corrected chi connectivity index (χ4v) is 2.36. The normalized spacial score (nSPS) is 12.2. The number of aryl methyl sites for hydroxylation is 1. The van der Waals surface area contributed by atoms with Crippen LogP contribution in [-0.4, -0.2) is 0 Å². The van der Waals surface area contributed by atoms with E-state index in [0.717, 1.165) is 15.6 Å². The van der Waals surface area contributed by atoms with Crippen LogP contribution >= 0.6 is 15.9 Å². The SMILES string of the molecule is Cc1ccc([C@H](C)N)c(OCc2cc(Br)ccc2F)c1. The Hall–Kier alpha value is -1.39. The van der Waals surface area contributed by atoms with Gasteiger partial charge in [0.1, 0.15) is 18.2 Å². The predicted molar refractivity (Wildman–Crippen MR) is 82.2 cm³/mol. The molecule has 20 heavy (non-hydrogen) atoms. The van der Waals surface area contributed by atoms with Crippen LogP contribution in [0.5, 0.6) is 5.75 Å². The Bertz CT molecular complexity index is 613. The van der Waals surface area contributed by atoms with Gasteiger partial charge in [-0.15, -0.1) is 0 Å². The molecule has 106 valence electrons. The van der Waals surface area contributed by atoms with Gasteiger partial charge in [-0.2, -0.15) is 0 Å². The van der Waals surface area contributed by atoms with Crippen molar-refractivity contribution in [2.24, 2.45) is 5.73 Å². The third-order valence-electron chi connectivity index (χ3n) is 3.05. The van der Waals surface area contributed by atoms with Gasteiger partial charge in [0, 0.05) is 21.6 Å². The molecule has 0 unspecified atom stereocenters. The minimum Gasteiger partial charge on any atom is -0.488 e. The van der Waals surface area contributed by atoms with Crippen molar-refractivity contribution in [3.05, 3.63) is 63.4 Å². The van der Waals surface area contributed by atoms with E-state index in [-0.39, 0.29) is 18.5 Å². The standard InChI is InChI=1S/C16H17BrFNO/c1-10-3-5-14(11(2)19)16(7-10)20-9-12-8-13(17)4-6-15(12)18/h3-8,11H,9,19H2,1-2H3/t11-/m0/s1. The second kappa shape index (κ2) is 6.37. The first-order valence-electron chi connectivity index (χ1n) is 6.40. The highest BCUT2D eigenvalue weighted by Gasteiger charge is 2.10. The lowest BCUT2D eigenvalue weighted by molar-refractivity contribution is 0.295. The molecule has 0 bridgehead atoms. The Labute approximate surface area is 126 Å². The van der Waals surface area contributed by atoms with Gasteiger partial charge in [0.05, 0.1) is 0 Å². The first-order chi connectivity index (χ1) is 9.47. The Kier molecular flexibility index (Phi) is 4.78. The molecule has 4 heteroatoms. The highest BCUT2D eigenvalue weighted by atomic mass is 79.9. The average Bonchev–Trinajstić information content (AvgIpc) is 2.39. The second-order valence-corrected chi connectivity index (χ2v) is 5.77. The van der Waals surface area contributed by atoms with E-state index in [1.807, 2.05) is 32.0 Å². The zero-order valence-corrected chi connectivity index (χ0v) is 13.1. The van der Waals surface area contributed by atoms with Crippen molar-refractivity contribution in [1.29, 1.82) is 0 Å². The molecule has 0 fully saturated rings. The summed E-state index contributed by atoms with van der Waals surface area (Å²) in [7, 11) is 0. The number of rotatable bonds is 4. The molecule has 0 amide bonds. The van der Waals surface area contributed by atoms with Crippen LogP contribution < -0.4 is 10.5 Å². The summed E-state index contributed by atoms with van der Waals surface area (Å²) in [5.74, 6) is 0.433. The summed E-state index contributed by atoms with van der Waals surface area (Å²) in [5, 5.41) is 0. The zero-order chi connectivity index (χ0) is 14.7. The lowest BCUT2D eigenvalue weighted by atomic mass is 10.1. The monoisotopic (exact) mass is 337 g/mol. The van der Waals surface area contributed by atoms with Crippen LogP contribution in [0.1, 0.15) is 29.7 Å². The van der Waals surface area contributed by atoms with E-state index in [4.69, 9.17) is 10.5 Å². The molecule has 2 aromatic carbocycles. The Balaban J connectivity index is 2.22. The summed E-state index contributed by atoms with van der Waals surface area (Å²) in [6, 6.07) is 10.5. The maximum atomic E-state index is 13.7. The summed E-state index contributed by atoms with van der Waals surface area (Å²) in [6.07, 6.45) is 0. The van der Waals surface area contributed by atoms with E-state index in [1.54, 1.807) is 12.1 Å². The zero-order valence-electron chi connectivity index (χ0n) is 11.5. The Morgan fingerprint density at radius 1 is 1.25 bits per heavy atom. The molecule has 0 saturated carbocycles. The van der Waals surface area contributed by atoms with Crippen molar-refractivity contribution in [2.45, 2.75) is 26.5 Å². The van der Waals surface area contributed by atoms with Crippen molar-refractivity contribution >= 4 is 15.9 Å². The fourth-order valence-electron chi connectivity index (χ4n) is 1.95. The van der Waals surface area contributed by atoms with Crippen molar-refractivity contribution in [1.82, 2.24) is 0 Å². The largest absolute Gasteiger partial charge is 0.488 e. The van der Waals surface area contributed by atoms with E-state index in [9.17, 15) is 4.39 Å². The first-order valence-corrected chi connectivity index (χ1v) is 7.19. The Morgan fingerprint density at radius 2 is 2.00 bits per heavy atom. The number of hydrogen-bond donors (Lipinski definition) is 1. The van der Waals surface area contributed by atoms with E-state index < -0.39 is 0 Å². The minimum absolute atomic E-state index is 0.127. The van der Waals surface area contributed by atoms with Crippen molar-refractivity contribution in [3.63, 3.8) is 0 Å². The number of benzene rings is 2. The molecule has 0 spiro atoms. The van der Waals surface area contributed by atoms with Crippen LogP contribution in [0.15, 0.2) is 40.9 Å². The Morgan fingerprint density at radius 3 is 2.70 bits per heavy atom. The van der Waals surface area contributed by atoms with Gasteiger partial charge < -0.3 is 10.5 Å². The molecule has 0 heterocycles. The van der Waals surface area contributed by atoms with Crippen LogP contribution in [0.2, 0.25) is 0 Å². The number of nitrogens with two attached hydrogens (primary N) is 1. The molecule has 0 radical (unpaired) electrons. The molecule has 2 aromatic rings. The fraction of sp³-hybridized carbons (Fsp3) is 0.250. The second-order valence-electron chi connectivity index (χ2n) is 4.85. The molecular weight excluding hydrogens is 321 g/mol. The van der Waals surface area contributed by atoms with Gasteiger partial charge >= 0.3 is 0 Å². The molecule has 0 aliphatic heterocycles. The van der Waals surface area contributed by atoms with Gasteiger partial charge in [-0.1, -0.05) is 28.1 Å². The number of hydrogen-bond acceptors (Lipinski definition) is 2. The number of halogens is 2. The van der Waals surface area contributed by atoms with Crippen molar-refractivity contribution in [3.8, 4) is 5.75 Å². The maximum absolute atomic E-state index is 13.7. The summed E-state index contributed by atoms with van der Waals surface area (Å²) < 4.78 is 20.3. The van der Waals surface area contributed by atoms with Gasteiger partial charge in [0.15, 0.2) is 0 Å². The summed E-state index contributed by atoms with van der Waals surface area (Å²) in [4.78, 5) is 0. The van der Waals surface area contributed by atoms with E-state index in [0.29, 0.717) is 11.3 Å². The van der Waals surface area contributed by atoms with Gasteiger partial charge in [0.2, 0.25) is 0 Å². The first kappa shape index (κ1) is 15.0. The van der Waals surface area contributed by atoms with Crippen LogP contribution in [0.3, 0.4) is 0 Å². The summed E-state index contributed by atoms with van der Waals surface area (Å²) in [6.45, 7) is 4.06. The molecule has 0 saturated heterocycles. The van der Waals surface area contributed by atoms with Gasteiger partial charge in [-0.3, -0.25) is 0 Å². The average molecular weight is 338 g/mol. The third kappa shape index (κ3) is 3.58. The molecule has 0 aliphatic rings. The quantitative estimate of drug-likeness (QED) is 0.891. The molecule has 0 aromatic heterocycles. The topological polar surface area (TPSA) is 35.2 Å². The lowest BCUT2D eigenvalue weighted by Gasteiger charge is -2.15. The van der Waals surface area contributed by atoms with E-state index in [2.05, 4.69) is 15.9 Å². The maximum Gasteiger partial charge on any atom is 0.129 e. The van der Waals surface area contributed by atoms with Gasteiger partial charge in [-0.25, -0.2) is 4.39 Å². The third-order valence-corrected chi connectivity index (χ3v) is 3.54. The highest BCUT2D eigenvalue weighted by Crippen LogP contribution is 2.26. The summed E-state index contributed by atoms with van der Waals surface area (Å²) >= 11 is 3.33. The molecule has 1 atom stereocenters. The predicted octanol–water partition coefficient (Wildman–Crippen LogP) is 4.50. The molecule has 0 aliphatic carbocycles.